The molecule has 0 aromatic heterocycles. The molecule has 1 aliphatic carbocycles. The highest BCUT2D eigenvalue weighted by Crippen LogP contribution is 2.29. The van der Waals surface area contributed by atoms with Crippen LogP contribution in [-0.2, 0) is 32.6 Å². The van der Waals surface area contributed by atoms with E-state index in [9.17, 15) is 18.0 Å². The van der Waals surface area contributed by atoms with E-state index in [1.807, 2.05) is 84.9 Å². The van der Waals surface area contributed by atoms with E-state index in [0.717, 1.165) is 52.0 Å². The first-order chi connectivity index (χ1) is 25.3. The van der Waals surface area contributed by atoms with Crippen molar-refractivity contribution in [2.75, 3.05) is 10.8 Å². The molecule has 2 amide bonds. The minimum atomic E-state index is -4.22. The summed E-state index contributed by atoms with van der Waals surface area (Å²) in [6.45, 7) is -0.431. The Morgan fingerprint density at radius 2 is 1.29 bits per heavy atom. The highest BCUT2D eigenvalue weighted by Gasteiger charge is 2.35. The van der Waals surface area contributed by atoms with Crippen molar-refractivity contribution in [3.8, 4) is 11.5 Å². The Balaban J connectivity index is 1.37. The minimum Gasteiger partial charge on any atom is -0.457 e. The van der Waals surface area contributed by atoms with Gasteiger partial charge in [0.1, 0.15) is 24.1 Å². The number of para-hydroxylation sites is 1. The number of nitrogens with zero attached hydrogens (tertiary/aromatic N) is 2. The number of sulfonamides is 1. The summed E-state index contributed by atoms with van der Waals surface area (Å²) in [4.78, 5) is 30.7. The fourth-order valence-electron chi connectivity index (χ4n) is 6.44. The number of rotatable bonds is 14. The second-order valence-electron chi connectivity index (χ2n) is 12.9. The summed E-state index contributed by atoms with van der Waals surface area (Å²) < 4.78 is 36.7. The fourth-order valence-corrected chi connectivity index (χ4v) is 8.14. The van der Waals surface area contributed by atoms with Crippen LogP contribution >= 0.6 is 15.9 Å². The Bertz CT molecular complexity index is 2010. The van der Waals surface area contributed by atoms with Gasteiger partial charge in [-0.25, -0.2) is 8.42 Å². The van der Waals surface area contributed by atoms with Gasteiger partial charge in [0.05, 0.1) is 10.6 Å². The van der Waals surface area contributed by atoms with Crippen LogP contribution in [0.1, 0.15) is 43.2 Å². The molecule has 1 fully saturated rings. The van der Waals surface area contributed by atoms with Crippen LogP contribution in [-0.4, -0.2) is 43.8 Å². The van der Waals surface area contributed by atoms with Gasteiger partial charge in [-0.2, -0.15) is 0 Å². The largest absolute Gasteiger partial charge is 0.457 e. The van der Waals surface area contributed by atoms with Gasteiger partial charge in [-0.3, -0.25) is 13.9 Å². The number of anilines is 1. The van der Waals surface area contributed by atoms with Crippen LogP contribution in [0.5, 0.6) is 11.5 Å². The molecule has 6 rings (SSSR count). The van der Waals surface area contributed by atoms with Crippen LogP contribution in [0.3, 0.4) is 0 Å². The van der Waals surface area contributed by atoms with E-state index in [-0.39, 0.29) is 35.5 Å². The second-order valence-corrected chi connectivity index (χ2v) is 15.7. The minimum absolute atomic E-state index is 0.0238. The van der Waals surface area contributed by atoms with Crippen molar-refractivity contribution >= 4 is 43.5 Å². The summed E-state index contributed by atoms with van der Waals surface area (Å²) in [5, 5.41) is 3.25. The number of carbonyl (C=O) groups excluding carboxylic acids is 2. The van der Waals surface area contributed by atoms with Gasteiger partial charge < -0.3 is 15.0 Å². The number of halogens is 1. The van der Waals surface area contributed by atoms with E-state index >= 15 is 0 Å². The lowest BCUT2D eigenvalue weighted by Crippen LogP contribution is -2.55. The maximum absolute atomic E-state index is 14.8. The van der Waals surface area contributed by atoms with E-state index in [1.54, 1.807) is 42.5 Å². The number of amides is 2. The zero-order valence-corrected chi connectivity index (χ0v) is 31.2. The number of hydrogen-bond acceptors (Lipinski definition) is 5. The quantitative estimate of drug-likeness (QED) is 0.122. The molecule has 0 saturated heterocycles. The predicted octanol–water partition coefficient (Wildman–Crippen LogP) is 8.53. The van der Waals surface area contributed by atoms with Gasteiger partial charge in [-0.15, -0.1) is 0 Å². The maximum Gasteiger partial charge on any atom is 0.264 e. The Kier molecular flexibility index (Phi) is 12.4. The SMILES string of the molecule is O=C(NC1CCCCC1)C(Cc1ccccc1)N(Cc1ccc(Br)cc1)C(=O)CN(c1ccc(Oc2ccccc2)cc1)S(=O)(=O)c1ccccc1. The topological polar surface area (TPSA) is 96.0 Å². The predicted molar refractivity (Wildman–Crippen MR) is 208 cm³/mol. The number of hydrogen-bond donors (Lipinski definition) is 1. The third kappa shape index (κ3) is 9.68. The second kappa shape index (κ2) is 17.5. The van der Waals surface area contributed by atoms with Gasteiger partial charge >= 0.3 is 0 Å². The molecule has 5 aromatic carbocycles. The molecule has 268 valence electrons. The third-order valence-corrected chi connectivity index (χ3v) is 11.5. The number of ether oxygens (including phenoxy) is 1. The van der Waals surface area contributed by atoms with E-state index in [0.29, 0.717) is 11.5 Å². The summed E-state index contributed by atoms with van der Waals surface area (Å²) >= 11 is 3.49. The monoisotopic (exact) mass is 779 g/mol. The molecule has 0 bridgehead atoms. The highest BCUT2D eigenvalue weighted by atomic mass is 79.9. The van der Waals surface area contributed by atoms with Crippen LogP contribution < -0.4 is 14.4 Å². The average molecular weight is 781 g/mol. The summed E-state index contributed by atoms with van der Waals surface area (Å²) in [6, 6.07) is 40.2. The Labute approximate surface area is 314 Å². The maximum atomic E-state index is 14.8. The van der Waals surface area contributed by atoms with Crippen LogP contribution in [0.15, 0.2) is 149 Å². The standard InChI is InChI=1S/C42H42BrN3O5S/c43-34-23-21-33(22-24-34)30-45(40(29-32-13-5-1-6-14-32)42(48)44-35-15-7-2-8-16-35)41(47)31-46(52(49,50)39-19-11-4-12-20-39)36-25-27-38(28-26-36)51-37-17-9-3-10-18-37/h1,3-6,9-14,17-28,35,40H,2,7-8,15-16,29-31H2,(H,44,48). The fraction of sp³-hybridized carbons (Fsp3) is 0.238. The number of benzene rings is 5. The Morgan fingerprint density at radius 3 is 1.92 bits per heavy atom. The Morgan fingerprint density at radius 1 is 0.712 bits per heavy atom. The zero-order valence-electron chi connectivity index (χ0n) is 28.8. The highest BCUT2D eigenvalue weighted by molar-refractivity contribution is 9.10. The normalized spacial score (nSPS) is 13.9. The zero-order chi connectivity index (χ0) is 36.3. The summed E-state index contributed by atoms with van der Waals surface area (Å²) in [7, 11) is -4.22. The average Bonchev–Trinajstić information content (AvgIpc) is 3.18. The number of carbonyl (C=O) groups is 2. The molecule has 1 aliphatic rings. The van der Waals surface area contributed by atoms with E-state index in [1.165, 1.54) is 17.0 Å². The lowest BCUT2D eigenvalue weighted by molar-refractivity contribution is -0.140. The van der Waals surface area contributed by atoms with Crippen LogP contribution in [0.2, 0.25) is 0 Å². The molecule has 0 heterocycles. The molecule has 0 aliphatic heterocycles. The molecular formula is C42H42BrN3O5S. The van der Waals surface area contributed by atoms with Gasteiger partial charge in [-0.1, -0.05) is 114 Å². The number of nitrogens with one attached hydrogen (secondary N) is 1. The molecule has 0 spiro atoms. The first kappa shape index (κ1) is 36.8. The lowest BCUT2D eigenvalue weighted by Gasteiger charge is -2.35. The van der Waals surface area contributed by atoms with E-state index in [2.05, 4.69) is 21.2 Å². The molecule has 1 unspecified atom stereocenters. The van der Waals surface area contributed by atoms with Crippen molar-refractivity contribution < 1.29 is 22.7 Å². The van der Waals surface area contributed by atoms with Gasteiger partial charge in [0.2, 0.25) is 11.8 Å². The van der Waals surface area contributed by atoms with Crippen molar-refractivity contribution in [1.82, 2.24) is 10.2 Å². The summed E-state index contributed by atoms with van der Waals surface area (Å²) in [5.41, 5.74) is 1.98. The van der Waals surface area contributed by atoms with Gasteiger partial charge in [0.25, 0.3) is 10.0 Å². The third-order valence-electron chi connectivity index (χ3n) is 9.20. The van der Waals surface area contributed by atoms with E-state index in [4.69, 9.17) is 4.74 Å². The molecule has 0 radical (unpaired) electrons. The summed E-state index contributed by atoms with van der Waals surface area (Å²) in [5.74, 6) is 0.393. The molecule has 52 heavy (non-hydrogen) atoms. The van der Waals surface area contributed by atoms with Crippen molar-refractivity contribution in [3.05, 3.63) is 155 Å². The molecule has 8 nitrogen and oxygen atoms in total. The summed E-state index contributed by atoms with van der Waals surface area (Å²) in [6.07, 6.45) is 5.25. The molecule has 5 aromatic rings. The van der Waals surface area contributed by atoms with Crippen molar-refractivity contribution in [2.45, 2.75) is 62.0 Å². The van der Waals surface area contributed by atoms with E-state index < -0.39 is 28.5 Å². The molecule has 1 atom stereocenters. The lowest BCUT2D eigenvalue weighted by atomic mass is 9.94. The molecule has 10 heteroatoms. The molecule has 1 N–H and O–H groups in total. The van der Waals surface area contributed by atoms with Crippen molar-refractivity contribution in [1.29, 1.82) is 0 Å². The van der Waals surface area contributed by atoms with Gasteiger partial charge in [0, 0.05) is 23.5 Å². The van der Waals surface area contributed by atoms with Crippen molar-refractivity contribution in [3.63, 3.8) is 0 Å². The van der Waals surface area contributed by atoms with Gasteiger partial charge in [-0.05, 0) is 84.6 Å². The Hall–Kier alpha value is -4.93. The van der Waals surface area contributed by atoms with Crippen molar-refractivity contribution in [2.24, 2.45) is 0 Å². The first-order valence-corrected chi connectivity index (χ1v) is 19.8. The van der Waals surface area contributed by atoms with Crippen LogP contribution in [0, 0.1) is 0 Å². The molecular weight excluding hydrogens is 738 g/mol. The van der Waals surface area contributed by atoms with Crippen LogP contribution in [0.25, 0.3) is 0 Å². The molecule has 1 saturated carbocycles. The van der Waals surface area contributed by atoms with Gasteiger partial charge in [0.15, 0.2) is 0 Å². The van der Waals surface area contributed by atoms with Crippen LogP contribution in [0.4, 0.5) is 5.69 Å². The smallest absolute Gasteiger partial charge is 0.264 e. The first-order valence-electron chi connectivity index (χ1n) is 17.6.